The minimum Gasteiger partial charge on any atom is -0.448 e. The van der Waals surface area contributed by atoms with Gasteiger partial charge in [-0.05, 0) is 45.1 Å². The van der Waals surface area contributed by atoms with E-state index in [4.69, 9.17) is 9.57 Å². The van der Waals surface area contributed by atoms with E-state index in [1.54, 1.807) is 31.3 Å². The predicted molar refractivity (Wildman–Crippen MR) is 127 cm³/mol. The molecule has 0 aromatic carbocycles. The zero-order valence-electron chi connectivity index (χ0n) is 20.9. The summed E-state index contributed by atoms with van der Waals surface area (Å²) in [6.07, 6.45) is 4.66. The number of nitrogens with two attached hydrogens (primary N) is 1. The summed E-state index contributed by atoms with van der Waals surface area (Å²) in [5, 5.41) is 1.06. The van der Waals surface area contributed by atoms with Gasteiger partial charge in [0.25, 0.3) is 0 Å². The lowest BCUT2D eigenvalue weighted by Gasteiger charge is -2.37. The van der Waals surface area contributed by atoms with Crippen molar-refractivity contribution in [3.05, 3.63) is 30.1 Å². The third kappa shape index (κ3) is 13.6. The van der Waals surface area contributed by atoms with E-state index in [1.165, 1.54) is 6.92 Å². The second-order valence-electron chi connectivity index (χ2n) is 7.70. The molecule has 2 unspecified atom stereocenters. The largest absolute Gasteiger partial charge is 0.448 e. The van der Waals surface area contributed by atoms with Crippen LogP contribution in [-0.2, 0) is 30.5 Å². The van der Waals surface area contributed by atoms with Crippen LogP contribution in [0.4, 0.5) is 4.79 Å². The van der Waals surface area contributed by atoms with Crippen molar-refractivity contribution in [3.63, 3.8) is 0 Å². The molecule has 0 aliphatic rings. The SMILES string of the molecule is CCC(N)=O.CCCCOC(=O)N(OC(C)C=O)C(CN(C)Cc1ccncc1)N(C)CC=O. The number of carbonyl (C=O) groups excluding carboxylic acids is 4. The van der Waals surface area contributed by atoms with Gasteiger partial charge in [-0.15, -0.1) is 0 Å². The van der Waals surface area contributed by atoms with Gasteiger partial charge in [-0.1, -0.05) is 20.3 Å². The molecule has 34 heavy (non-hydrogen) atoms. The van der Waals surface area contributed by atoms with E-state index in [1.807, 2.05) is 31.0 Å². The minimum absolute atomic E-state index is 0.0886. The molecular weight excluding hydrogens is 442 g/mol. The van der Waals surface area contributed by atoms with Gasteiger partial charge in [0.1, 0.15) is 18.6 Å². The lowest BCUT2D eigenvalue weighted by atomic mass is 10.2. The van der Waals surface area contributed by atoms with Crippen molar-refractivity contribution in [1.29, 1.82) is 0 Å². The maximum absolute atomic E-state index is 12.7. The second-order valence-corrected chi connectivity index (χ2v) is 7.70. The van der Waals surface area contributed by atoms with Crippen LogP contribution in [0.25, 0.3) is 0 Å². The van der Waals surface area contributed by atoms with Gasteiger partial charge in [0.15, 0.2) is 6.29 Å². The highest BCUT2D eigenvalue weighted by Gasteiger charge is 2.32. The first-order valence-corrected chi connectivity index (χ1v) is 11.3. The number of carbonyl (C=O) groups is 4. The first-order valence-electron chi connectivity index (χ1n) is 11.3. The molecule has 1 heterocycles. The molecule has 0 aliphatic carbocycles. The lowest BCUT2D eigenvalue weighted by Crippen LogP contribution is -2.55. The fraction of sp³-hybridized carbons (Fsp3) is 0.609. The fourth-order valence-corrected chi connectivity index (χ4v) is 2.58. The van der Waals surface area contributed by atoms with E-state index < -0.39 is 18.4 Å². The Labute approximate surface area is 202 Å². The molecule has 11 heteroatoms. The van der Waals surface area contributed by atoms with E-state index in [2.05, 4.69) is 10.7 Å². The van der Waals surface area contributed by atoms with Crippen molar-refractivity contribution in [2.45, 2.75) is 58.8 Å². The summed E-state index contributed by atoms with van der Waals surface area (Å²) in [4.78, 5) is 57.7. The van der Waals surface area contributed by atoms with Crippen molar-refractivity contribution in [1.82, 2.24) is 19.8 Å². The van der Waals surface area contributed by atoms with Gasteiger partial charge < -0.3 is 20.1 Å². The monoisotopic (exact) mass is 481 g/mol. The van der Waals surface area contributed by atoms with Crippen LogP contribution >= 0.6 is 0 Å². The summed E-state index contributed by atoms with van der Waals surface area (Å²) < 4.78 is 5.30. The zero-order chi connectivity index (χ0) is 25.9. The van der Waals surface area contributed by atoms with Crippen LogP contribution in [-0.4, -0.2) is 90.5 Å². The molecule has 0 spiro atoms. The number of aldehydes is 2. The highest BCUT2D eigenvalue weighted by Crippen LogP contribution is 2.13. The van der Waals surface area contributed by atoms with Crippen LogP contribution in [0.5, 0.6) is 0 Å². The Hall–Kier alpha value is -2.89. The molecular formula is C23H39N5O6. The third-order valence-electron chi connectivity index (χ3n) is 4.54. The van der Waals surface area contributed by atoms with Crippen molar-refractivity contribution in [3.8, 4) is 0 Å². The molecule has 1 rings (SSSR count). The Balaban J connectivity index is 0.00000196. The van der Waals surface area contributed by atoms with Gasteiger partial charge in [0, 0.05) is 31.9 Å². The summed E-state index contributed by atoms with van der Waals surface area (Å²) in [5.74, 6) is -0.245. The molecule has 0 radical (unpaired) electrons. The average Bonchev–Trinajstić information content (AvgIpc) is 2.82. The van der Waals surface area contributed by atoms with E-state index in [0.717, 1.165) is 29.8 Å². The first-order chi connectivity index (χ1) is 16.2. The molecule has 2 N–H and O–H groups in total. The smallest absolute Gasteiger partial charge is 0.435 e. The number of ether oxygens (including phenoxy) is 1. The quantitative estimate of drug-likeness (QED) is 0.171. The number of unbranched alkanes of at least 4 members (excludes halogenated alkanes) is 1. The standard InChI is InChI=1S/C20H32N4O5.C3H7NO/c1-5-6-13-28-20(27)24(29-17(2)16-26)19(23(4)11-12-25)15-22(3)14-18-7-9-21-10-8-18;1-2-3(4)5/h7-10,12,16-17,19H,5-6,11,13-15H2,1-4H3;2H2,1H3,(H2,4,5). The molecule has 1 aromatic rings. The Morgan fingerprint density at radius 2 is 1.79 bits per heavy atom. The predicted octanol–water partition coefficient (Wildman–Crippen LogP) is 1.61. The number of primary amides is 1. The van der Waals surface area contributed by atoms with Gasteiger partial charge in [0.2, 0.25) is 5.91 Å². The number of nitrogens with zero attached hydrogens (tertiary/aromatic N) is 4. The molecule has 192 valence electrons. The van der Waals surface area contributed by atoms with Gasteiger partial charge in [-0.25, -0.2) is 4.79 Å². The fourth-order valence-electron chi connectivity index (χ4n) is 2.58. The van der Waals surface area contributed by atoms with E-state index in [9.17, 15) is 19.2 Å². The summed E-state index contributed by atoms with van der Waals surface area (Å²) in [7, 11) is 3.60. The van der Waals surface area contributed by atoms with Crippen LogP contribution in [0, 0.1) is 0 Å². The maximum atomic E-state index is 12.7. The van der Waals surface area contributed by atoms with E-state index in [-0.39, 0.29) is 19.1 Å². The average molecular weight is 482 g/mol. The Kier molecular flexibility index (Phi) is 17.0. The highest BCUT2D eigenvalue weighted by atomic mass is 16.7. The molecule has 0 fully saturated rings. The third-order valence-corrected chi connectivity index (χ3v) is 4.54. The minimum atomic E-state index is -0.841. The number of aromatic nitrogens is 1. The molecule has 11 nitrogen and oxygen atoms in total. The van der Waals surface area contributed by atoms with E-state index in [0.29, 0.717) is 25.8 Å². The highest BCUT2D eigenvalue weighted by molar-refractivity contribution is 5.73. The van der Waals surface area contributed by atoms with Crippen molar-refractivity contribution >= 4 is 24.6 Å². The van der Waals surface area contributed by atoms with Crippen LogP contribution in [0.3, 0.4) is 0 Å². The van der Waals surface area contributed by atoms with Crippen molar-refractivity contribution in [2.24, 2.45) is 5.73 Å². The topological polar surface area (TPSA) is 135 Å². The summed E-state index contributed by atoms with van der Waals surface area (Å²) >= 11 is 0. The van der Waals surface area contributed by atoms with Crippen LogP contribution in [0.15, 0.2) is 24.5 Å². The number of amides is 2. The van der Waals surface area contributed by atoms with Gasteiger partial charge in [-0.2, -0.15) is 5.06 Å². The second kappa shape index (κ2) is 18.5. The van der Waals surface area contributed by atoms with Crippen LogP contribution < -0.4 is 5.73 Å². The summed E-state index contributed by atoms with van der Waals surface area (Å²) in [6, 6.07) is 3.81. The molecule has 2 atom stereocenters. The summed E-state index contributed by atoms with van der Waals surface area (Å²) in [5.41, 5.74) is 5.71. The Bertz CT molecular complexity index is 721. The Morgan fingerprint density at radius 3 is 2.29 bits per heavy atom. The molecule has 0 saturated carbocycles. The van der Waals surface area contributed by atoms with Crippen LogP contribution in [0.1, 0.15) is 45.6 Å². The molecule has 0 aliphatic heterocycles. The number of hydroxylamine groups is 2. The van der Waals surface area contributed by atoms with E-state index >= 15 is 0 Å². The number of likely N-dealkylation sites (N-methyl/N-ethyl adjacent to an activating group) is 2. The van der Waals surface area contributed by atoms with Gasteiger partial charge in [-0.3, -0.25) is 24.4 Å². The molecule has 0 bridgehead atoms. The van der Waals surface area contributed by atoms with Crippen LogP contribution in [0.2, 0.25) is 0 Å². The number of hydrogen-bond acceptors (Lipinski definition) is 9. The first kappa shape index (κ1) is 31.1. The van der Waals surface area contributed by atoms with Gasteiger partial charge in [0.05, 0.1) is 13.2 Å². The molecule has 2 amide bonds. The van der Waals surface area contributed by atoms with Crippen molar-refractivity contribution in [2.75, 3.05) is 33.8 Å². The number of pyridine rings is 1. The number of hydrogen-bond donors (Lipinski definition) is 1. The maximum Gasteiger partial charge on any atom is 0.435 e. The molecule has 0 saturated heterocycles. The normalized spacial score (nSPS) is 12.3. The lowest BCUT2D eigenvalue weighted by molar-refractivity contribution is -0.213. The zero-order valence-corrected chi connectivity index (χ0v) is 20.9. The Morgan fingerprint density at radius 1 is 1.18 bits per heavy atom. The molecule has 1 aromatic heterocycles. The number of rotatable bonds is 15. The van der Waals surface area contributed by atoms with Crippen molar-refractivity contribution < 1.29 is 28.8 Å². The summed E-state index contributed by atoms with van der Waals surface area (Å²) in [6.45, 7) is 6.56. The van der Waals surface area contributed by atoms with Gasteiger partial charge >= 0.3 is 6.09 Å².